The maximum atomic E-state index is 11.4. The first-order chi connectivity index (χ1) is 7.95. The Hall–Kier alpha value is -0.130. The summed E-state index contributed by atoms with van der Waals surface area (Å²) in [7, 11) is -3.03. The van der Waals surface area contributed by atoms with Gasteiger partial charge >= 0.3 is 0 Å². The first kappa shape index (κ1) is 16.9. The molecule has 0 aliphatic heterocycles. The van der Waals surface area contributed by atoms with E-state index in [0.29, 0.717) is 19.1 Å². The first-order valence-corrected chi connectivity index (χ1v) is 8.48. The van der Waals surface area contributed by atoms with Gasteiger partial charge in [-0.05, 0) is 25.8 Å². The van der Waals surface area contributed by atoms with Crippen LogP contribution >= 0.6 is 0 Å². The Morgan fingerprint density at radius 2 is 1.88 bits per heavy atom. The van der Waals surface area contributed by atoms with Crippen molar-refractivity contribution in [1.29, 1.82) is 0 Å². The molecule has 0 aliphatic rings. The van der Waals surface area contributed by atoms with E-state index in [0.717, 1.165) is 19.4 Å². The van der Waals surface area contributed by atoms with Crippen LogP contribution in [0.15, 0.2) is 0 Å². The summed E-state index contributed by atoms with van der Waals surface area (Å²) in [6, 6.07) is 0.577. The predicted molar refractivity (Wildman–Crippen MR) is 73.7 cm³/mol. The molecule has 1 atom stereocenters. The molecule has 0 fully saturated rings. The molecule has 1 unspecified atom stereocenters. The third-order valence-corrected chi connectivity index (χ3v) is 4.35. The molecular formula is C12H28N2O2S. The summed E-state index contributed by atoms with van der Waals surface area (Å²) in [5, 5.41) is 3.48. The number of sulfonamides is 1. The zero-order valence-corrected chi connectivity index (χ0v) is 12.5. The van der Waals surface area contributed by atoms with Crippen molar-refractivity contribution in [2.75, 3.05) is 25.9 Å². The minimum absolute atomic E-state index is 0.561. The second-order valence-corrected chi connectivity index (χ2v) is 6.44. The molecule has 0 saturated carbocycles. The minimum atomic E-state index is -3.03. The van der Waals surface area contributed by atoms with Crippen LogP contribution in [0, 0.1) is 0 Å². The van der Waals surface area contributed by atoms with Gasteiger partial charge in [-0.15, -0.1) is 0 Å². The van der Waals surface area contributed by atoms with Gasteiger partial charge in [-0.1, -0.05) is 27.2 Å². The van der Waals surface area contributed by atoms with Crippen LogP contribution in [0.2, 0.25) is 0 Å². The molecule has 0 aromatic heterocycles. The third-order valence-electron chi connectivity index (χ3n) is 2.97. The van der Waals surface area contributed by atoms with Gasteiger partial charge in [0.05, 0.1) is 6.26 Å². The molecule has 0 bridgehead atoms. The third kappa shape index (κ3) is 7.73. The van der Waals surface area contributed by atoms with E-state index in [1.165, 1.54) is 23.4 Å². The van der Waals surface area contributed by atoms with E-state index in [2.05, 4.69) is 19.2 Å². The average molecular weight is 264 g/mol. The largest absolute Gasteiger partial charge is 0.314 e. The molecule has 0 radical (unpaired) electrons. The Balaban J connectivity index is 3.83. The molecule has 5 heteroatoms. The van der Waals surface area contributed by atoms with E-state index in [4.69, 9.17) is 0 Å². The number of hydrogen-bond acceptors (Lipinski definition) is 3. The van der Waals surface area contributed by atoms with E-state index in [9.17, 15) is 8.42 Å². The van der Waals surface area contributed by atoms with Crippen molar-refractivity contribution < 1.29 is 8.42 Å². The van der Waals surface area contributed by atoms with Gasteiger partial charge in [0.25, 0.3) is 0 Å². The molecule has 0 heterocycles. The van der Waals surface area contributed by atoms with Crippen molar-refractivity contribution >= 4 is 10.0 Å². The quantitative estimate of drug-likeness (QED) is 0.612. The maximum Gasteiger partial charge on any atom is 0.211 e. The normalized spacial score (nSPS) is 14.2. The topological polar surface area (TPSA) is 49.4 Å². The van der Waals surface area contributed by atoms with Crippen molar-refractivity contribution in [2.45, 2.75) is 52.5 Å². The van der Waals surface area contributed by atoms with Gasteiger partial charge in [-0.25, -0.2) is 12.7 Å². The van der Waals surface area contributed by atoms with Crippen molar-refractivity contribution in [3.63, 3.8) is 0 Å². The molecule has 104 valence electrons. The first-order valence-electron chi connectivity index (χ1n) is 6.64. The molecule has 0 aromatic carbocycles. The lowest BCUT2D eigenvalue weighted by atomic mass is 10.1. The van der Waals surface area contributed by atoms with Gasteiger partial charge < -0.3 is 5.32 Å². The summed E-state index contributed by atoms with van der Waals surface area (Å²) >= 11 is 0. The number of hydrogen-bond donors (Lipinski definition) is 1. The summed E-state index contributed by atoms with van der Waals surface area (Å²) < 4.78 is 24.2. The molecule has 4 nitrogen and oxygen atoms in total. The van der Waals surface area contributed by atoms with Crippen LogP contribution in [-0.2, 0) is 10.0 Å². The van der Waals surface area contributed by atoms with Crippen molar-refractivity contribution in [3.05, 3.63) is 0 Å². The smallest absolute Gasteiger partial charge is 0.211 e. The summed E-state index contributed by atoms with van der Waals surface area (Å²) in [5.41, 5.74) is 0. The fraction of sp³-hybridized carbons (Fsp3) is 1.00. The van der Waals surface area contributed by atoms with E-state index in [-0.39, 0.29) is 0 Å². The van der Waals surface area contributed by atoms with Crippen LogP contribution in [0.4, 0.5) is 0 Å². The molecule has 0 saturated heterocycles. The Kier molecular flexibility index (Phi) is 8.82. The zero-order valence-electron chi connectivity index (χ0n) is 11.7. The summed E-state index contributed by atoms with van der Waals surface area (Å²) in [6.45, 7) is 8.32. The van der Waals surface area contributed by atoms with E-state index in [1.807, 2.05) is 6.92 Å². The number of rotatable bonds is 10. The number of nitrogens with one attached hydrogen (secondary N) is 1. The van der Waals surface area contributed by atoms with E-state index in [1.54, 1.807) is 0 Å². The van der Waals surface area contributed by atoms with Gasteiger partial charge in [0.1, 0.15) is 0 Å². The zero-order chi connectivity index (χ0) is 13.3. The molecule has 0 spiro atoms. The van der Waals surface area contributed by atoms with Crippen LogP contribution in [0.3, 0.4) is 0 Å². The summed E-state index contributed by atoms with van der Waals surface area (Å²) in [5.74, 6) is 0. The number of nitrogens with zero attached hydrogens (tertiary/aromatic N) is 1. The highest BCUT2D eigenvalue weighted by Gasteiger charge is 2.13. The predicted octanol–water partition coefficient (Wildman–Crippen LogP) is 1.83. The van der Waals surface area contributed by atoms with Gasteiger partial charge in [0.2, 0.25) is 10.0 Å². The van der Waals surface area contributed by atoms with Gasteiger partial charge in [0, 0.05) is 19.1 Å². The van der Waals surface area contributed by atoms with Crippen molar-refractivity contribution in [1.82, 2.24) is 9.62 Å². The highest BCUT2D eigenvalue weighted by Crippen LogP contribution is 2.02. The summed E-state index contributed by atoms with van der Waals surface area (Å²) in [4.78, 5) is 0. The second-order valence-electron chi connectivity index (χ2n) is 4.46. The van der Waals surface area contributed by atoms with E-state index >= 15 is 0 Å². The molecule has 1 N–H and O–H groups in total. The highest BCUT2D eigenvalue weighted by molar-refractivity contribution is 7.88. The molecule has 0 aliphatic carbocycles. The van der Waals surface area contributed by atoms with E-state index < -0.39 is 10.0 Å². The SMILES string of the molecule is CCCC(CC)NCCCN(CC)S(C)(=O)=O. The van der Waals surface area contributed by atoms with Crippen LogP contribution < -0.4 is 5.32 Å². The molecule has 0 rings (SSSR count). The maximum absolute atomic E-state index is 11.4. The van der Waals surface area contributed by atoms with Gasteiger partial charge in [-0.3, -0.25) is 0 Å². The fourth-order valence-corrected chi connectivity index (χ4v) is 2.85. The Morgan fingerprint density at radius 3 is 2.29 bits per heavy atom. The van der Waals surface area contributed by atoms with Crippen LogP contribution in [-0.4, -0.2) is 44.7 Å². The van der Waals surface area contributed by atoms with Crippen molar-refractivity contribution in [3.8, 4) is 0 Å². The van der Waals surface area contributed by atoms with Crippen LogP contribution in [0.5, 0.6) is 0 Å². The standard InChI is InChI=1S/C12H28N2O2S/c1-5-9-12(6-2)13-10-8-11-14(7-3)17(4,15)16/h12-13H,5-11H2,1-4H3. The van der Waals surface area contributed by atoms with Crippen LogP contribution in [0.25, 0.3) is 0 Å². The molecule has 0 aromatic rings. The van der Waals surface area contributed by atoms with Crippen LogP contribution in [0.1, 0.15) is 46.5 Å². The minimum Gasteiger partial charge on any atom is -0.314 e. The highest BCUT2D eigenvalue weighted by atomic mass is 32.2. The van der Waals surface area contributed by atoms with Gasteiger partial charge in [0.15, 0.2) is 0 Å². The fourth-order valence-electron chi connectivity index (χ4n) is 1.92. The lowest BCUT2D eigenvalue weighted by Crippen LogP contribution is -2.34. The van der Waals surface area contributed by atoms with Gasteiger partial charge in [-0.2, -0.15) is 0 Å². The lowest BCUT2D eigenvalue weighted by Gasteiger charge is -2.19. The van der Waals surface area contributed by atoms with Crippen molar-refractivity contribution in [2.24, 2.45) is 0 Å². The Morgan fingerprint density at radius 1 is 1.24 bits per heavy atom. The molecule has 0 amide bonds. The molecular weight excluding hydrogens is 236 g/mol. The molecule has 17 heavy (non-hydrogen) atoms. The Bertz CT molecular complexity index is 278. The monoisotopic (exact) mass is 264 g/mol. The Labute approximate surface area is 107 Å². The summed E-state index contributed by atoms with van der Waals surface area (Å²) in [6.07, 6.45) is 5.67. The average Bonchev–Trinajstić information content (AvgIpc) is 2.25. The second kappa shape index (κ2) is 8.89. The lowest BCUT2D eigenvalue weighted by molar-refractivity contribution is 0.400.